The molecule has 1 aliphatic carbocycles. The van der Waals surface area contributed by atoms with E-state index in [0.29, 0.717) is 6.04 Å². The first-order chi connectivity index (χ1) is 14.3. The minimum Gasteiger partial charge on any atom is -0.295 e. The topological polar surface area (TPSA) is 20.3 Å². The summed E-state index contributed by atoms with van der Waals surface area (Å²) in [5.74, 6) is 0.834. The van der Waals surface area contributed by atoms with Gasteiger partial charge in [0, 0.05) is 22.4 Å². The van der Waals surface area contributed by atoms with Crippen LogP contribution in [-0.2, 0) is 10.3 Å². The maximum atomic E-state index is 14.9. The van der Waals surface area contributed by atoms with Crippen LogP contribution in [0.25, 0.3) is 0 Å². The summed E-state index contributed by atoms with van der Waals surface area (Å²) in [6, 6.07) is 31.0. The summed E-state index contributed by atoms with van der Waals surface area (Å²) in [4.78, 5) is 0. The van der Waals surface area contributed by atoms with Gasteiger partial charge in [0.1, 0.15) is 0 Å². The highest BCUT2D eigenvalue weighted by atomic mass is 32.2. The van der Waals surface area contributed by atoms with Crippen molar-refractivity contribution in [2.24, 2.45) is 0 Å². The molecule has 0 saturated heterocycles. The Morgan fingerprint density at radius 3 is 1.72 bits per heavy atom. The van der Waals surface area contributed by atoms with Crippen LogP contribution in [0.15, 0.2) is 91.0 Å². The third-order valence-electron chi connectivity index (χ3n) is 5.58. The van der Waals surface area contributed by atoms with Gasteiger partial charge in [0.05, 0.1) is 0 Å². The van der Waals surface area contributed by atoms with Crippen molar-refractivity contribution in [3.05, 3.63) is 96.6 Å². The van der Waals surface area contributed by atoms with Gasteiger partial charge >= 0.3 is 0 Å². The van der Waals surface area contributed by atoms with Gasteiger partial charge in [-0.1, -0.05) is 97.9 Å². The molecule has 0 spiro atoms. The van der Waals surface area contributed by atoms with Crippen LogP contribution >= 0.6 is 19.2 Å². The van der Waals surface area contributed by atoms with Crippen molar-refractivity contribution in [2.75, 3.05) is 0 Å². The van der Waals surface area contributed by atoms with Crippen LogP contribution in [0.5, 0.6) is 0 Å². The molecule has 0 bridgehead atoms. The SMILES string of the molecule is O=P(c1ccccc1)(c1ccccc1)N(SCc1ccccc1)C1CCCCC1. The maximum Gasteiger partial charge on any atom is 0.216 e. The molecule has 0 unspecified atom stereocenters. The first-order valence-electron chi connectivity index (χ1n) is 10.5. The predicted octanol–water partition coefficient (Wildman–Crippen LogP) is 6.40. The summed E-state index contributed by atoms with van der Waals surface area (Å²) in [7, 11) is -2.94. The number of nitrogens with zero attached hydrogens (tertiary/aromatic N) is 1. The molecule has 0 aliphatic heterocycles. The van der Waals surface area contributed by atoms with Crippen LogP contribution in [-0.4, -0.2) is 10.1 Å². The van der Waals surface area contributed by atoms with E-state index in [1.54, 1.807) is 11.9 Å². The molecule has 29 heavy (non-hydrogen) atoms. The lowest BCUT2D eigenvalue weighted by atomic mass is 9.96. The predicted molar refractivity (Wildman–Crippen MR) is 126 cm³/mol. The van der Waals surface area contributed by atoms with Gasteiger partial charge in [-0.05, 0) is 42.7 Å². The van der Waals surface area contributed by atoms with Gasteiger partial charge in [-0.15, -0.1) is 0 Å². The smallest absolute Gasteiger partial charge is 0.216 e. The average Bonchev–Trinajstić information content (AvgIpc) is 2.81. The second kappa shape index (κ2) is 9.80. The zero-order chi connectivity index (χ0) is 19.9. The fourth-order valence-corrected chi connectivity index (χ4v) is 8.95. The van der Waals surface area contributed by atoms with Crippen LogP contribution in [0.3, 0.4) is 0 Å². The van der Waals surface area contributed by atoms with Gasteiger partial charge < -0.3 is 0 Å². The minimum absolute atomic E-state index is 0.337. The van der Waals surface area contributed by atoms with Crippen LogP contribution in [0.1, 0.15) is 37.7 Å². The number of hydrogen-bond donors (Lipinski definition) is 0. The maximum absolute atomic E-state index is 14.9. The van der Waals surface area contributed by atoms with E-state index >= 15 is 0 Å². The Bertz CT molecular complexity index is 883. The highest BCUT2D eigenvalue weighted by Crippen LogP contribution is 2.55. The van der Waals surface area contributed by atoms with E-state index in [0.717, 1.165) is 29.2 Å². The Labute approximate surface area is 178 Å². The molecule has 2 nitrogen and oxygen atoms in total. The van der Waals surface area contributed by atoms with Crippen LogP contribution in [0, 0.1) is 0 Å². The Morgan fingerprint density at radius 1 is 0.724 bits per heavy atom. The molecule has 3 aromatic rings. The molecule has 0 heterocycles. The molecule has 3 aromatic carbocycles. The van der Waals surface area contributed by atoms with Crippen LogP contribution in [0.4, 0.5) is 0 Å². The summed E-state index contributed by atoms with van der Waals surface area (Å²) < 4.78 is 17.2. The first kappa shape index (κ1) is 20.5. The van der Waals surface area contributed by atoms with Crippen molar-refractivity contribution >= 4 is 29.8 Å². The lowest BCUT2D eigenvalue weighted by Gasteiger charge is -2.39. The molecule has 1 aliphatic rings. The third-order valence-corrected chi connectivity index (χ3v) is 10.5. The average molecular weight is 422 g/mol. The Balaban J connectivity index is 1.76. The highest BCUT2D eigenvalue weighted by Gasteiger charge is 2.39. The lowest BCUT2D eigenvalue weighted by molar-refractivity contribution is 0.348. The fourth-order valence-electron chi connectivity index (χ4n) is 4.07. The summed E-state index contributed by atoms with van der Waals surface area (Å²) in [5, 5.41) is 1.86. The Kier molecular flexibility index (Phi) is 6.92. The summed E-state index contributed by atoms with van der Waals surface area (Å²) >= 11 is 1.75. The normalized spacial score (nSPS) is 15.5. The molecule has 0 radical (unpaired) electrons. The van der Waals surface area contributed by atoms with Gasteiger partial charge in [-0.2, -0.15) is 4.08 Å². The minimum atomic E-state index is -2.94. The molecule has 0 atom stereocenters. The van der Waals surface area contributed by atoms with E-state index < -0.39 is 7.29 Å². The van der Waals surface area contributed by atoms with E-state index in [1.165, 1.54) is 24.8 Å². The van der Waals surface area contributed by atoms with Crippen molar-refractivity contribution in [2.45, 2.75) is 43.9 Å². The van der Waals surface area contributed by atoms with Crippen LogP contribution < -0.4 is 10.6 Å². The molecule has 0 N–H and O–H groups in total. The number of hydrogen-bond acceptors (Lipinski definition) is 2. The van der Waals surface area contributed by atoms with Crippen molar-refractivity contribution < 1.29 is 4.57 Å². The zero-order valence-electron chi connectivity index (χ0n) is 16.7. The number of rotatable bonds is 7. The van der Waals surface area contributed by atoms with E-state index in [4.69, 9.17) is 0 Å². The molecular weight excluding hydrogens is 393 g/mol. The van der Waals surface area contributed by atoms with Gasteiger partial charge in [0.15, 0.2) is 0 Å². The van der Waals surface area contributed by atoms with E-state index in [9.17, 15) is 4.57 Å². The number of benzene rings is 3. The van der Waals surface area contributed by atoms with Gasteiger partial charge in [0.2, 0.25) is 7.29 Å². The van der Waals surface area contributed by atoms with Crippen molar-refractivity contribution in [1.29, 1.82) is 0 Å². The molecule has 0 amide bonds. The molecule has 150 valence electrons. The van der Waals surface area contributed by atoms with Gasteiger partial charge in [-0.25, -0.2) is 0 Å². The van der Waals surface area contributed by atoms with Crippen LogP contribution in [0.2, 0.25) is 0 Å². The Hall–Kier alpha value is -1.80. The highest BCUT2D eigenvalue weighted by molar-refractivity contribution is 8.03. The molecule has 1 saturated carbocycles. The quantitative estimate of drug-likeness (QED) is 0.325. The largest absolute Gasteiger partial charge is 0.295 e. The fraction of sp³-hybridized carbons (Fsp3) is 0.280. The lowest BCUT2D eigenvalue weighted by Crippen LogP contribution is -2.36. The van der Waals surface area contributed by atoms with Crippen molar-refractivity contribution in [3.8, 4) is 0 Å². The standard InChI is InChI=1S/C25H28NOPS/c27-28(24-17-9-3-10-18-24,25-19-11-4-12-20-25)26(23-15-7-2-8-16-23)29-21-22-13-5-1-6-14-22/h1,3-6,9-14,17-20,23H,2,7-8,15-16,21H2. The zero-order valence-corrected chi connectivity index (χ0v) is 18.4. The van der Waals surface area contributed by atoms with Crippen molar-refractivity contribution in [3.63, 3.8) is 0 Å². The monoisotopic (exact) mass is 421 g/mol. The molecule has 0 aromatic heterocycles. The van der Waals surface area contributed by atoms with Crippen molar-refractivity contribution in [1.82, 2.24) is 4.08 Å². The van der Waals surface area contributed by atoms with Gasteiger partial charge in [0.25, 0.3) is 0 Å². The summed E-state index contributed by atoms with van der Waals surface area (Å²) in [6.45, 7) is 0. The van der Waals surface area contributed by atoms with Gasteiger partial charge in [-0.3, -0.25) is 4.57 Å². The molecule has 4 rings (SSSR count). The molecule has 1 fully saturated rings. The first-order valence-corrected chi connectivity index (χ1v) is 13.1. The van der Waals surface area contributed by atoms with E-state index in [2.05, 4.69) is 28.3 Å². The summed E-state index contributed by atoms with van der Waals surface area (Å²) in [5.41, 5.74) is 1.27. The summed E-state index contributed by atoms with van der Waals surface area (Å²) in [6.07, 6.45) is 5.96. The van der Waals surface area contributed by atoms with E-state index in [1.807, 2.05) is 66.7 Å². The second-order valence-electron chi connectivity index (χ2n) is 7.60. The second-order valence-corrected chi connectivity index (χ2v) is 11.4. The van der Waals surface area contributed by atoms with E-state index in [-0.39, 0.29) is 0 Å². The third kappa shape index (κ3) is 4.69. The Morgan fingerprint density at radius 2 is 1.21 bits per heavy atom. The molecular formula is C25H28NOPS. The molecule has 4 heteroatoms.